The van der Waals surface area contributed by atoms with Crippen LogP contribution in [0.1, 0.15) is 5.56 Å². The fourth-order valence-corrected chi connectivity index (χ4v) is 3.82. The van der Waals surface area contributed by atoms with E-state index in [1.807, 2.05) is 66.9 Å². The number of para-hydroxylation sites is 1. The van der Waals surface area contributed by atoms with Crippen molar-refractivity contribution < 1.29 is 4.74 Å². The minimum atomic E-state index is 0.499. The number of benzene rings is 2. The second kappa shape index (κ2) is 10.4. The third-order valence-electron chi connectivity index (χ3n) is 5.61. The van der Waals surface area contributed by atoms with Crippen LogP contribution in [0.5, 0.6) is 0 Å². The first-order chi connectivity index (χ1) is 16.4. The van der Waals surface area contributed by atoms with Gasteiger partial charge in [0.05, 0.1) is 25.1 Å². The van der Waals surface area contributed by atoms with Gasteiger partial charge in [-0.25, -0.2) is 0 Å². The maximum atomic E-state index is 5.54. The minimum Gasteiger partial charge on any atom is -0.378 e. The van der Waals surface area contributed by atoms with Gasteiger partial charge in [-0.05, 0) is 17.7 Å². The largest absolute Gasteiger partial charge is 0.378 e. The molecule has 1 N–H and O–H groups in total. The van der Waals surface area contributed by atoms with Crippen LogP contribution >= 0.6 is 0 Å². The lowest BCUT2D eigenvalue weighted by Gasteiger charge is -2.31. The van der Waals surface area contributed by atoms with E-state index >= 15 is 0 Å². The molecule has 33 heavy (non-hydrogen) atoms. The summed E-state index contributed by atoms with van der Waals surface area (Å²) in [5, 5.41) is 9.96. The summed E-state index contributed by atoms with van der Waals surface area (Å²) < 4.78 is 5.54. The Morgan fingerprint density at radius 1 is 0.788 bits per heavy atom. The third-order valence-corrected chi connectivity index (χ3v) is 5.61. The molecule has 0 amide bonds. The quantitative estimate of drug-likeness (QED) is 0.458. The summed E-state index contributed by atoms with van der Waals surface area (Å²) in [6, 6.07) is 20.0. The summed E-state index contributed by atoms with van der Waals surface area (Å²) in [6.07, 6.45) is 1.83. The fourth-order valence-electron chi connectivity index (χ4n) is 3.82. The number of ether oxygens (including phenoxy) is 1. The molecule has 0 saturated carbocycles. The molecule has 0 atom stereocenters. The number of hydrogen-bond acceptors (Lipinski definition) is 9. The molecule has 0 radical (unpaired) electrons. The molecular weight excluding hydrogens is 416 g/mol. The van der Waals surface area contributed by atoms with Gasteiger partial charge in [0.25, 0.3) is 5.95 Å². The lowest BCUT2D eigenvalue weighted by molar-refractivity contribution is 0.122. The van der Waals surface area contributed by atoms with Crippen molar-refractivity contribution in [2.45, 2.75) is 0 Å². The van der Waals surface area contributed by atoms with Crippen LogP contribution in [-0.4, -0.2) is 73.6 Å². The van der Waals surface area contributed by atoms with E-state index in [1.165, 1.54) is 0 Å². The number of rotatable bonds is 6. The summed E-state index contributed by atoms with van der Waals surface area (Å²) in [5.41, 5.74) is 1.89. The Bertz CT molecular complexity index is 1010. The second-order valence-corrected chi connectivity index (χ2v) is 7.87. The van der Waals surface area contributed by atoms with Crippen molar-refractivity contribution in [2.75, 3.05) is 67.3 Å². The molecule has 0 spiro atoms. The summed E-state index contributed by atoms with van der Waals surface area (Å²) in [6.45, 7) is 6.35. The number of nitrogens with one attached hydrogen (secondary N) is 1. The van der Waals surface area contributed by atoms with E-state index in [9.17, 15) is 0 Å². The first kappa shape index (κ1) is 21.3. The van der Waals surface area contributed by atoms with Gasteiger partial charge in [-0.3, -0.25) is 0 Å². The zero-order valence-electron chi connectivity index (χ0n) is 18.5. The predicted octanol–water partition coefficient (Wildman–Crippen LogP) is 2.29. The highest BCUT2D eigenvalue weighted by Crippen LogP contribution is 2.26. The first-order valence-electron chi connectivity index (χ1n) is 11.4. The van der Waals surface area contributed by atoms with Gasteiger partial charge >= 0.3 is 0 Å². The van der Waals surface area contributed by atoms with Crippen LogP contribution in [0.15, 0.2) is 65.8 Å². The fraction of sp³-hybridized carbons (Fsp3) is 0.333. The molecule has 2 aliphatic rings. The van der Waals surface area contributed by atoms with E-state index in [-0.39, 0.29) is 0 Å². The summed E-state index contributed by atoms with van der Waals surface area (Å²) in [4.78, 5) is 18.9. The normalized spacial score (nSPS) is 16.8. The summed E-state index contributed by atoms with van der Waals surface area (Å²) >= 11 is 0. The Kier molecular flexibility index (Phi) is 6.69. The zero-order chi connectivity index (χ0) is 22.3. The SMILES string of the molecule is C(=N\N(c1ccccc1)c1nc(N2CCNCC2)nc(N2CCOCC2)n1)/c1ccccc1. The number of nitrogens with zero attached hydrogens (tertiary/aromatic N) is 7. The zero-order valence-corrected chi connectivity index (χ0v) is 18.5. The summed E-state index contributed by atoms with van der Waals surface area (Å²) in [7, 11) is 0. The van der Waals surface area contributed by atoms with Gasteiger partial charge in [-0.2, -0.15) is 25.1 Å². The molecule has 0 unspecified atom stereocenters. The van der Waals surface area contributed by atoms with Crippen LogP contribution in [0.2, 0.25) is 0 Å². The molecule has 0 bridgehead atoms. The first-order valence-corrected chi connectivity index (χ1v) is 11.4. The Labute approximate surface area is 193 Å². The van der Waals surface area contributed by atoms with Crippen molar-refractivity contribution >= 4 is 29.7 Å². The molecular formula is C24H28N8O. The Morgan fingerprint density at radius 3 is 2.06 bits per heavy atom. The maximum absolute atomic E-state index is 5.54. The van der Waals surface area contributed by atoms with E-state index in [1.54, 1.807) is 5.01 Å². The lowest BCUT2D eigenvalue weighted by Crippen LogP contribution is -2.45. The van der Waals surface area contributed by atoms with Crippen molar-refractivity contribution in [3.8, 4) is 0 Å². The van der Waals surface area contributed by atoms with Gasteiger partial charge < -0.3 is 19.9 Å². The molecule has 3 heterocycles. The molecule has 2 aromatic carbocycles. The highest BCUT2D eigenvalue weighted by atomic mass is 16.5. The Hall–Kier alpha value is -3.56. The molecule has 9 heteroatoms. The van der Waals surface area contributed by atoms with Crippen molar-refractivity contribution in [1.82, 2.24) is 20.3 Å². The number of aromatic nitrogens is 3. The van der Waals surface area contributed by atoms with Crippen LogP contribution in [0.4, 0.5) is 23.5 Å². The second-order valence-electron chi connectivity index (χ2n) is 7.87. The van der Waals surface area contributed by atoms with E-state index in [2.05, 4.69) is 15.1 Å². The lowest BCUT2D eigenvalue weighted by atomic mass is 10.2. The van der Waals surface area contributed by atoms with Crippen molar-refractivity contribution in [3.05, 3.63) is 66.2 Å². The van der Waals surface area contributed by atoms with Crippen molar-refractivity contribution in [1.29, 1.82) is 0 Å². The molecule has 170 valence electrons. The van der Waals surface area contributed by atoms with Gasteiger partial charge in [0, 0.05) is 39.3 Å². The highest BCUT2D eigenvalue weighted by molar-refractivity contribution is 5.81. The van der Waals surface area contributed by atoms with E-state index in [0.29, 0.717) is 31.1 Å². The molecule has 1 aromatic heterocycles. The molecule has 2 aliphatic heterocycles. The Morgan fingerprint density at radius 2 is 1.39 bits per heavy atom. The monoisotopic (exact) mass is 444 g/mol. The topological polar surface area (TPSA) is 82.0 Å². The average molecular weight is 445 g/mol. The minimum absolute atomic E-state index is 0.499. The molecule has 9 nitrogen and oxygen atoms in total. The van der Waals surface area contributed by atoms with E-state index in [0.717, 1.165) is 50.5 Å². The van der Waals surface area contributed by atoms with E-state index in [4.69, 9.17) is 24.8 Å². The summed E-state index contributed by atoms with van der Waals surface area (Å²) in [5.74, 6) is 1.84. The molecule has 2 fully saturated rings. The average Bonchev–Trinajstić information content (AvgIpc) is 2.91. The third kappa shape index (κ3) is 5.27. The molecule has 0 aliphatic carbocycles. The highest BCUT2D eigenvalue weighted by Gasteiger charge is 2.23. The van der Waals surface area contributed by atoms with Gasteiger partial charge in [0.15, 0.2) is 0 Å². The van der Waals surface area contributed by atoms with Crippen molar-refractivity contribution in [3.63, 3.8) is 0 Å². The van der Waals surface area contributed by atoms with Gasteiger partial charge in [0.2, 0.25) is 11.9 Å². The number of hydrazone groups is 1. The number of morpholine rings is 1. The van der Waals surface area contributed by atoms with Crippen LogP contribution in [-0.2, 0) is 4.74 Å². The van der Waals surface area contributed by atoms with Crippen LogP contribution in [0.3, 0.4) is 0 Å². The van der Waals surface area contributed by atoms with Crippen LogP contribution in [0, 0.1) is 0 Å². The van der Waals surface area contributed by atoms with Crippen LogP contribution in [0.25, 0.3) is 0 Å². The van der Waals surface area contributed by atoms with E-state index < -0.39 is 0 Å². The van der Waals surface area contributed by atoms with Crippen molar-refractivity contribution in [2.24, 2.45) is 5.10 Å². The van der Waals surface area contributed by atoms with Gasteiger partial charge in [-0.15, -0.1) is 0 Å². The van der Waals surface area contributed by atoms with Gasteiger partial charge in [0.1, 0.15) is 0 Å². The molecule has 2 saturated heterocycles. The van der Waals surface area contributed by atoms with Gasteiger partial charge in [-0.1, -0.05) is 48.5 Å². The molecule has 3 aromatic rings. The number of anilines is 4. The smallest absolute Gasteiger partial charge is 0.257 e. The Balaban J connectivity index is 1.56. The molecule has 5 rings (SSSR count). The predicted molar refractivity (Wildman–Crippen MR) is 131 cm³/mol. The number of piperazine rings is 1. The maximum Gasteiger partial charge on any atom is 0.257 e. The number of hydrogen-bond donors (Lipinski definition) is 1. The van der Waals surface area contributed by atoms with Crippen LogP contribution < -0.4 is 20.1 Å². The standard InChI is InChI=1S/C24H28N8O/c1-3-7-20(8-4-1)19-26-32(21-9-5-2-6-10-21)24-28-22(30-13-11-25-12-14-30)27-23(29-24)31-15-17-33-18-16-31/h1-10,19,25H,11-18H2/b26-19+.